The summed E-state index contributed by atoms with van der Waals surface area (Å²) in [6.07, 6.45) is -5.18. The number of halogens is 3. The van der Waals surface area contributed by atoms with Crippen LogP contribution in [-0.2, 0) is 10.1 Å². The van der Waals surface area contributed by atoms with Gasteiger partial charge in [-0.25, -0.2) is 0 Å². The van der Waals surface area contributed by atoms with Crippen molar-refractivity contribution in [3.63, 3.8) is 0 Å². The van der Waals surface area contributed by atoms with Crippen molar-refractivity contribution >= 4 is 31.9 Å². The lowest BCUT2D eigenvalue weighted by Crippen LogP contribution is -2.19. The molecular weight excluding hydrogens is 459 g/mol. The van der Waals surface area contributed by atoms with E-state index in [1.807, 2.05) is 30.3 Å². The van der Waals surface area contributed by atoms with Crippen LogP contribution in [0.1, 0.15) is 0 Å². The molecule has 0 saturated heterocycles. The van der Waals surface area contributed by atoms with Crippen molar-refractivity contribution in [3.8, 4) is 28.3 Å². The van der Waals surface area contributed by atoms with E-state index < -0.39 is 27.1 Å². The van der Waals surface area contributed by atoms with Gasteiger partial charge in [-0.2, -0.15) is 13.5 Å². The van der Waals surface area contributed by atoms with Gasteiger partial charge in [-0.1, -0.05) is 36.4 Å². The number of rotatable bonds is 4. The Hall–Kier alpha value is -3.83. The number of hydrogen-bond acceptors (Lipinski definition) is 4. The molecular formula is C22H14F3N3O4S. The van der Waals surface area contributed by atoms with Crippen molar-refractivity contribution in [2.24, 2.45) is 0 Å². The van der Waals surface area contributed by atoms with Gasteiger partial charge in [0.05, 0.1) is 11.2 Å². The Balaban J connectivity index is 1.71. The smallest absolute Gasteiger partial charge is 0.404 e. The van der Waals surface area contributed by atoms with Crippen LogP contribution in [0, 0.1) is 0 Å². The fourth-order valence-electron chi connectivity index (χ4n) is 3.76. The molecule has 0 amide bonds. The van der Waals surface area contributed by atoms with Crippen LogP contribution in [0.3, 0.4) is 0 Å². The molecule has 3 aromatic carbocycles. The van der Waals surface area contributed by atoms with Crippen LogP contribution in [-0.4, -0.2) is 34.5 Å². The third-order valence-electron chi connectivity index (χ3n) is 5.13. The predicted molar refractivity (Wildman–Crippen MR) is 115 cm³/mol. The summed E-state index contributed by atoms with van der Waals surface area (Å²) in [5, 5.41) is 8.76. The lowest BCUT2D eigenvalue weighted by atomic mass is 10.0. The van der Waals surface area contributed by atoms with Gasteiger partial charge in [0.2, 0.25) is 0 Å². The van der Waals surface area contributed by atoms with Crippen molar-refractivity contribution in [1.82, 2.24) is 15.2 Å². The summed E-state index contributed by atoms with van der Waals surface area (Å²) in [6.45, 7) is 0. The van der Waals surface area contributed by atoms with E-state index in [0.717, 1.165) is 17.0 Å². The summed E-state index contributed by atoms with van der Waals surface area (Å²) >= 11 is 0. The molecule has 5 rings (SSSR count). The molecule has 0 fully saturated rings. The second-order valence-corrected chi connectivity index (χ2v) is 8.65. The lowest BCUT2D eigenvalue weighted by Gasteiger charge is -2.16. The topological polar surface area (TPSA) is 108 Å². The first kappa shape index (κ1) is 21.0. The molecule has 5 aromatic rings. The first-order chi connectivity index (χ1) is 15.6. The first-order valence-electron chi connectivity index (χ1n) is 9.53. The molecule has 0 radical (unpaired) electrons. The fourth-order valence-corrected chi connectivity index (χ4v) is 4.39. The van der Waals surface area contributed by atoms with Crippen LogP contribution >= 0.6 is 0 Å². The molecule has 0 aliphatic carbocycles. The zero-order valence-corrected chi connectivity index (χ0v) is 17.3. The lowest BCUT2D eigenvalue weighted by molar-refractivity contribution is -0.275. The summed E-state index contributed by atoms with van der Waals surface area (Å²) < 4.78 is 76.1. The number of benzene rings is 3. The molecule has 0 aliphatic heterocycles. The number of H-pyrrole nitrogens is 2. The SMILES string of the molecule is O=S(=O)(O)c1cccc(-c2ccc3[nH]nc(-c4cc5ccccc5[nH]4)c3c2)c1OC(F)(F)F. The number of para-hydroxylation sites is 2. The monoisotopic (exact) mass is 473 g/mol. The quantitative estimate of drug-likeness (QED) is 0.298. The maximum atomic E-state index is 13.1. The molecule has 0 atom stereocenters. The Bertz CT molecular complexity index is 1590. The van der Waals surface area contributed by atoms with Gasteiger partial charge in [0, 0.05) is 21.9 Å². The van der Waals surface area contributed by atoms with E-state index >= 15 is 0 Å². The van der Waals surface area contributed by atoms with Gasteiger partial charge in [0.1, 0.15) is 10.6 Å². The number of aromatic nitrogens is 3. The van der Waals surface area contributed by atoms with Crippen molar-refractivity contribution in [1.29, 1.82) is 0 Å². The van der Waals surface area contributed by atoms with Crippen molar-refractivity contribution in [2.75, 3.05) is 0 Å². The van der Waals surface area contributed by atoms with Gasteiger partial charge in [-0.15, -0.1) is 13.2 Å². The normalized spacial score (nSPS) is 12.5. The Kier molecular flexibility index (Phi) is 4.69. The van der Waals surface area contributed by atoms with Crippen molar-refractivity contribution in [3.05, 3.63) is 66.7 Å². The average molecular weight is 473 g/mol. The van der Waals surface area contributed by atoms with E-state index in [9.17, 15) is 26.1 Å². The number of alkyl halides is 3. The molecule has 168 valence electrons. The minimum Gasteiger partial charge on any atom is -0.404 e. The molecule has 2 heterocycles. The number of aromatic amines is 2. The van der Waals surface area contributed by atoms with Crippen LogP contribution in [0.4, 0.5) is 13.2 Å². The Labute approximate surface area is 184 Å². The van der Waals surface area contributed by atoms with Gasteiger partial charge in [0.25, 0.3) is 10.1 Å². The summed E-state index contributed by atoms with van der Waals surface area (Å²) in [6, 6.07) is 17.5. The molecule has 0 spiro atoms. The highest BCUT2D eigenvalue weighted by Gasteiger charge is 2.35. The minimum atomic E-state index is -5.18. The first-order valence-corrected chi connectivity index (χ1v) is 11.0. The molecule has 0 saturated carbocycles. The molecule has 11 heteroatoms. The van der Waals surface area contributed by atoms with E-state index in [1.54, 1.807) is 12.1 Å². The van der Waals surface area contributed by atoms with Crippen LogP contribution in [0.2, 0.25) is 0 Å². The third-order valence-corrected chi connectivity index (χ3v) is 6.01. The largest absolute Gasteiger partial charge is 0.573 e. The van der Waals surface area contributed by atoms with Crippen LogP contribution in [0.5, 0.6) is 5.75 Å². The molecule has 0 aliphatic rings. The van der Waals surface area contributed by atoms with E-state index in [0.29, 0.717) is 22.3 Å². The molecule has 3 N–H and O–H groups in total. The van der Waals surface area contributed by atoms with E-state index in [1.165, 1.54) is 18.2 Å². The number of ether oxygens (including phenoxy) is 1. The maximum Gasteiger partial charge on any atom is 0.573 e. The Morgan fingerprint density at radius 3 is 2.45 bits per heavy atom. The predicted octanol–water partition coefficient (Wildman–Crippen LogP) is 5.52. The Morgan fingerprint density at radius 1 is 0.939 bits per heavy atom. The minimum absolute atomic E-state index is 0.159. The van der Waals surface area contributed by atoms with Gasteiger partial charge < -0.3 is 9.72 Å². The number of nitrogens with one attached hydrogen (secondary N) is 2. The van der Waals surface area contributed by atoms with Crippen molar-refractivity contribution in [2.45, 2.75) is 11.3 Å². The highest BCUT2D eigenvalue weighted by atomic mass is 32.2. The summed E-state index contributed by atoms with van der Waals surface area (Å²) in [7, 11) is -4.98. The average Bonchev–Trinajstić information content (AvgIpc) is 3.35. The number of fused-ring (bicyclic) bond motifs is 2. The molecule has 33 heavy (non-hydrogen) atoms. The van der Waals surface area contributed by atoms with Crippen LogP contribution < -0.4 is 4.74 Å². The third kappa shape index (κ3) is 3.92. The van der Waals surface area contributed by atoms with Gasteiger partial charge in [-0.05, 0) is 35.9 Å². The summed E-state index contributed by atoms with van der Waals surface area (Å²) in [5.41, 5.74) is 2.82. The molecule has 0 bridgehead atoms. The van der Waals surface area contributed by atoms with Crippen LogP contribution in [0.15, 0.2) is 71.6 Å². The zero-order chi connectivity index (χ0) is 23.4. The van der Waals surface area contributed by atoms with Gasteiger partial charge in [-0.3, -0.25) is 9.65 Å². The highest BCUT2D eigenvalue weighted by Crippen LogP contribution is 2.40. The standard InChI is InChI=1S/C22H14F3N3O4S/c23-22(24,25)32-21-14(5-3-7-19(21)33(29,30)31)12-8-9-17-15(10-12)20(28-27-17)18-11-13-4-1-2-6-16(13)26-18/h1-11,26H,(H,27,28)(H,29,30,31). The molecule has 0 unspecified atom stereocenters. The summed E-state index contributed by atoms with van der Waals surface area (Å²) in [4.78, 5) is 2.27. The van der Waals surface area contributed by atoms with Crippen molar-refractivity contribution < 1.29 is 30.9 Å². The zero-order valence-electron chi connectivity index (χ0n) is 16.5. The molecule has 2 aromatic heterocycles. The summed E-state index contributed by atoms with van der Waals surface area (Å²) in [5.74, 6) is -1.01. The van der Waals surface area contributed by atoms with E-state index in [4.69, 9.17) is 0 Å². The second kappa shape index (κ2) is 7.36. The highest BCUT2D eigenvalue weighted by molar-refractivity contribution is 7.86. The van der Waals surface area contributed by atoms with Gasteiger partial charge in [0.15, 0.2) is 5.75 Å². The second-order valence-electron chi connectivity index (χ2n) is 7.26. The fraction of sp³-hybridized carbons (Fsp3) is 0.0455. The van der Waals surface area contributed by atoms with Crippen LogP contribution in [0.25, 0.3) is 44.3 Å². The number of hydrogen-bond donors (Lipinski definition) is 3. The van der Waals surface area contributed by atoms with E-state index in [-0.39, 0.29) is 11.1 Å². The molecule has 7 nitrogen and oxygen atoms in total. The van der Waals surface area contributed by atoms with Gasteiger partial charge >= 0.3 is 6.36 Å². The Morgan fingerprint density at radius 2 is 1.73 bits per heavy atom. The van der Waals surface area contributed by atoms with E-state index in [2.05, 4.69) is 19.9 Å². The number of nitrogens with zero attached hydrogens (tertiary/aromatic N) is 1. The maximum absolute atomic E-state index is 13.1.